The largest absolute Gasteiger partial charge is 0.416 e. The van der Waals surface area contributed by atoms with E-state index in [9.17, 15) is 22.8 Å². The molecule has 0 bridgehead atoms. The summed E-state index contributed by atoms with van der Waals surface area (Å²) in [5.41, 5.74) is 2.41. The number of carbonyl (C=O) groups is 2. The molecule has 9 heteroatoms. The molecule has 1 heterocycles. The van der Waals surface area contributed by atoms with Gasteiger partial charge in [0.1, 0.15) is 6.54 Å². The Bertz CT molecular complexity index is 1430. The predicted octanol–water partition coefficient (Wildman–Crippen LogP) is 6.60. The normalized spacial score (nSPS) is 11.5. The van der Waals surface area contributed by atoms with Gasteiger partial charge >= 0.3 is 6.18 Å². The molecule has 0 radical (unpaired) electrons. The van der Waals surface area contributed by atoms with E-state index in [-0.39, 0.29) is 24.3 Å². The van der Waals surface area contributed by atoms with Crippen molar-refractivity contribution < 1.29 is 22.8 Å². The van der Waals surface area contributed by atoms with Crippen LogP contribution >= 0.6 is 0 Å². The van der Waals surface area contributed by atoms with Crippen LogP contribution in [0.1, 0.15) is 35.3 Å². The van der Waals surface area contributed by atoms with Gasteiger partial charge in [-0.2, -0.15) is 13.2 Å². The fraction of sp³-hybridized carbons (Fsp3) is 0.233. The van der Waals surface area contributed by atoms with Crippen LogP contribution in [0.25, 0.3) is 16.9 Å². The summed E-state index contributed by atoms with van der Waals surface area (Å²) in [5, 5.41) is 2.76. The standard InChI is InChI=1S/C30H29F3N4O2/c1-20(2)17-36(28(39)23-11-9-21(3)10-12-23)19-27(38)35-29-34-26(22-7-5-4-6-8-22)18-37(29)25-15-13-24(14-16-25)30(31,32)33/h4-16,18,20H,17,19H2,1-3H3,(H,34,35,38). The molecule has 0 atom stereocenters. The second kappa shape index (κ2) is 11.6. The lowest BCUT2D eigenvalue weighted by Gasteiger charge is -2.24. The quantitative estimate of drug-likeness (QED) is 0.277. The van der Waals surface area contributed by atoms with E-state index >= 15 is 0 Å². The van der Waals surface area contributed by atoms with Gasteiger partial charge in [0.25, 0.3) is 5.91 Å². The van der Waals surface area contributed by atoms with Crippen LogP contribution < -0.4 is 5.32 Å². The van der Waals surface area contributed by atoms with Crippen LogP contribution in [0.5, 0.6) is 0 Å². The zero-order chi connectivity index (χ0) is 28.2. The van der Waals surface area contributed by atoms with Crippen LogP contribution in [0, 0.1) is 12.8 Å². The van der Waals surface area contributed by atoms with Crippen molar-refractivity contribution in [3.63, 3.8) is 0 Å². The molecule has 202 valence electrons. The van der Waals surface area contributed by atoms with Gasteiger partial charge in [0, 0.05) is 29.6 Å². The number of hydrogen-bond acceptors (Lipinski definition) is 3. The monoisotopic (exact) mass is 534 g/mol. The number of anilines is 1. The van der Waals surface area contributed by atoms with Gasteiger partial charge < -0.3 is 4.90 Å². The van der Waals surface area contributed by atoms with Gasteiger partial charge in [-0.15, -0.1) is 0 Å². The third kappa shape index (κ3) is 6.93. The highest BCUT2D eigenvalue weighted by atomic mass is 19.4. The van der Waals surface area contributed by atoms with E-state index in [4.69, 9.17) is 0 Å². The lowest BCUT2D eigenvalue weighted by atomic mass is 10.1. The molecule has 0 saturated carbocycles. The van der Waals surface area contributed by atoms with Gasteiger partial charge in [-0.05, 0) is 49.2 Å². The predicted molar refractivity (Wildman–Crippen MR) is 145 cm³/mol. The number of rotatable bonds is 8. The smallest absolute Gasteiger partial charge is 0.329 e. The van der Waals surface area contributed by atoms with Crippen LogP contribution in [-0.2, 0) is 11.0 Å². The lowest BCUT2D eigenvalue weighted by molar-refractivity contribution is -0.137. The Morgan fingerprint density at radius 3 is 2.18 bits per heavy atom. The molecular formula is C30H29F3N4O2. The summed E-state index contributed by atoms with van der Waals surface area (Å²) < 4.78 is 40.9. The Kier molecular flexibility index (Phi) is 8.18. The van der Waals surface area contributed by atoms with E-state index in [1.807, 2.05) is 63.2 Å². The Morgan fingerprint density at radius 2 is 1.59 bits per heavy atom. The number of nitrogens with zero attached hydrogens (tertiary/aromatic N) is 3. The van der Waals surface area contributed by atoms with E-state index in [0.717, 1.165) is 23.3 Å². The fourth-order valence-corrected chi connectivity index (χ4v) is 4.10. The van der Waals surface area contributed by atoms with E-state index in [0.29, 0.717) is 23.5 Å². The molecule has 0 fully saturated rings. The number of imidazole rings is 1. The molecule has 2 amide bonds. The van der Waals surface area contributed by atoms with Crippen molar-refractivity contribution in [1.29, 1.82) is 0 Å². The Morgan fingerprint density at radius 1 is 0.949 bits per heavy atom. The zero-order valence-electron chi connectivity index (χ0n) is 21.9. The molecule has 0 spiro atoms. The highest BCUT2D eigenvalue weighted by Crippen LogP contribution is 2.31. The first-order chi connectivity index (χ1) is 18.5. The molecular weight excluding hydrogens is 505 g/mol. The number of carbonyl (C=O) groups excluding carboxylic acids is 2. The van der Waals surface area contributed by atoms with Crippen molar-refractivity contribution in [1.82, 2.24) is 14.5 Å². The summed E-state index contributed by atoms with van der Waals surface area (Å²) in [7, 11) is 0. The average Bonchev–Trinajstić information content (AvgIpc) is 3.31. The van der Waals surface area contributed by atoms with Crippen LogP contribution in [0.2, 0.25) is 0 Å². The third-order valence-corrected chi connectivity index (χ3v) is 6.01. The molecule has 0 saturated heterocycles. The maximum absolute atomic E-state index is 13.2. The summed E-state index contributed by atoms with van der Waals surface area (Å²) in [4.78, 5) is 32.4. The summed E-state index contributed by atoms with van der Waals surface area (Å²) in [6, 6.07) is 21.0. The lowest BCUT2D eigenvalue weighted by Crippen LogP contribution is -2.40. The summed E-state index contributed by atoms with van der Waals surface area (Å²) in [6.45, 7) is 5.98. The molecule has 0 unspecified atom stereocenters. The molecule has 1 N–H and O–H groups in total. The second-order valence-electron chi connectivity index (χ2n) is 9.72. The number of alkyl halides is 3. The average molecular weight is 535 g/mol. The number of amides is 2. The molecule has 6 nitrogen and oxygen atoms in total. The Balaban J connectivity index is 1.62. The highest BCUT2D eigenvalue weighted by molar-refractivity contribution is 5.99. The molecule has 0 aliphatic rings. The SMILES string of the molecule is Cc1ccc(C(=O)N(CC(=O)Nc2nc(-c3ccccc3)cn2-c2ccc(C(F)(F)F)cc2)CC(C)C)cc1. The molecule has 0 aliphatic heterocycles. The first-order valence-electron chi connectivity index (χ1n) is 12.5. The van der Waals surface area contributed by atoms with Crippen molar-refractivity contribution in [3.05, 3.63) is 102 Å². The van der Waals surface area contributed by atoms with Crippen molar-refractivity contribution in [2.75, 3.05) is 18.4 Å². The van der Waals surface area contributed by atoms with Crippen molar-refractivity contribution in [3.8, 4) is 16.9 Å². The maximum atomic E-state index is 13.2. The fourth-order valence-electron chi connectivity index (χ4n) is 4.10. The minimum absolute atomic E-state index is 0.117. The van der Waals surface area contributed by atoms with E-state index < -0.39 is 17.6 Å². The number of hydrogen-bond donors (Lipinski definition) is 1. The molecule has 1 aromatic heterocycles. The van der Waals surface area contributed by atoms with E-state index in [1.54, 1.807) is 18.3 Å². The highest BCUT2D eigenvalue weighted by Gasteiger charge is 2.30. The number of aryl methyl sites for hydroxylation is 1. The van der Waals surface area contributed by atoms with E-state index in [1.165, 1.54) is 21.6 Å². The number of benzene rings is 3. The van der Waals surface area contributed by atoms with Gasteiger partial charge in [0.05, 0.1) is 11.3 Å². The summed E-state index contributed by atoms with van der Waals surface area (Å²) in [5.74, 6) is -0.499. The minimum Gasteiger partial charge on any atom is -0.329 e. The minimum atomic E-state index is -4.47. The first kappa shape index (κ1) is 27.6. The summed E-state index contributed by atoms with van der Waals surface area (Å²) >= 11 is 0. The molecule has 39 heavy (non-hydrogen) atoms. The van der Waals surface area contributed by atoms with Crippen molar-refractivity contribution in [2.45, 2.75) is 26.9 Å². The molecule has 0 aliphatic carbocycles. The molecule has 3 aromatic carbocycles. The van der Waals surface area contributed by atoms with Gasteiger partial charge in [-0.1, -0.05) is 61.9 Å². The number of aromatic nitrogens is 2. The Labute approximate surface area is 225 Å². The van der Waals surface area contributed by atoms with Gasteiger partial charge in [0.2, 0.25) is 11.9 Å². The van der Waals surface area contributed by atoms with Crippen LogP contribution in [0.15, 0.2) is 85.1 Å². The van der Waals surface area contributed by atoms with Gasteiger partial charge in [-0.25, -0.2) is 4.98 Å². The maximum Gasteiger partial charge on any atom is 0.416 e. The molecule has 4 aromatic rings. The third-order valence-electron chi connectivity index (χ3n) is 6.01. The van der Waals surface area contributed by atoms with Gasteiger partial charge in [-0.3, -0.25) is 19.5 Å². The van der Waals surface area contributed by atoms with Crippen molar-refractivity contribution >= 4 is 17.8 Å². The van der Waals surface area contributed by atoms with Crippen LogP contribution in [0.4, 0.5) is 19.1 Å². The van der Waals surface area contributed by atoms with Gasteiger partial charge in [0.15, 0.2) is 0 Å². The number of halogens is 3. The second-order valence-corrected chi connectivity index (χ2v) is 9.72. The van der Waals surface area contributed by atoms with Crippen molar-refractivity contribution in [2.24, 2.45) is 5.92 Å². The first-order valence-corrected chi connectivity index (χ1v) is 12.5. The van der Waals surface area contributed by atoms with E-state index in [2.05, 4.69) is 10.3 Å². The summed E-state index contributed by atoms with van der Waals surface area (Å²) in [6.07, 6.45) is -2.82. The topological polar surface area (TPSA) is 67.2 Å². The number of nitrogens with one attached hydrogen (secondary N) is 1. The van der Waals surface area contributed by atoms with Crippen LogP contribution in [-0.4, -0.2) is 39.4 Å². The Hall–Kier alpha value is -4.40. The zero-order valence-corrected chi connectivity index (χ0v) is 21.9. The molecule has 4 rings (SSSR count). The van der Waals surface area contributed by atoms with Crippen LogP contribution in [0.3, 0.4) is 0 Å².